The van der Waals surface area contributed by atoms with E-state index in [4.69, 9.17) is 11.5 Å². The van der Waals surface area contributed by atoms with Crippen LogP contribution in [0.1, 0.15) is 15.9 Å². The van der Waals surface area contributed by atoms with Crippen molar-refractivity contribution in [1.82, 2.24) is 5.32 Å². The smallest absolute Gasteiger partial charge is 0.251 e. The Labute approximate surface area is 122 Å². The second kappa shape index (κ2) is 7.85. The van der Waals surface area contributed by atoms with Crippen LogP contribution in [0.3, 0.4) is 0 Å². The minimum atomic E-state index is -0.401. The molecule has 0 aromatic heterocycles. The molecule has 18 heavy (non-hydrogen) atoms. The van der Waals surface area contributed by atoms with Crippen molar-refractivity contribution in [2.24, 2.45) is 16.5 Å². The summed E-state index contributed by atoms with van der Waals surface area (Å²) in [7, 11) is 0. The van der Waals surface area contributed by atoms with Crippen LogP contribution in [0.4, 0.5) is 4.39 Å². The molecule has 0 saturated heterocycles. The molecule has 0 bridgehead atoms. The van der Waals surface area contributed by atoms with Gasteiger partial charge in [0.15, 0.2) is 5.96 Å². The Morgan fingerprint density at radius 1 is 1.44 bits per heavy atom. The predicted octanol–water partition coefficient (Wildman–Crippen LogP) is 0.755. The van der Waals surface area contributed by atoms with Crippen LogP contribution in [-0.4, -0.2) is 25.0 Å². The van der Waals surface area contributed by atoms with Crippen molar-refractivity contribution in [2.75, 3.05) is 13.1 Å². The summed E-state index contributed by atoms with van der Waals surface area (Å²) in [6, 6.07) is 4.32. The van der Waals surface area contributed by atoms with E-state index in [1.54, 1.807) is 19.1 Å². The maximum absolute atomic E-state index is 13.2. The molecule has 0 unspecified atom stereocenters. The van der Waals surface area contributed by atoms with Gasteiger partial charge >= 0.3 is 0 Å². The van der Waals surface area contributed by atoms with Crippen LogP contribution in [0, 0.1) is 12.7 Å². The monoisotopic (exact) mass is 366 g/mol. The fourth-order valence-electron chi connectivity index (χ4n) is 1.19. The van der Waals surface area contributed by atoms with Crippen molar-refractivity contribution in [3.8, 4) is 0 Å². The fraction of sp³-hybridized carbons (Fsp3) is 0.273. The van der Waals surface area contributed by atoms with Crippen LogP contribution in [0.15, 0.2) is 23.2 Å². The van der Waals surface area contributed by atoms with Crippen LogP contribution >= 0.6 is 24.0 Å². The van der Waals surface area contributed by atoms with E-state index >= 15 is 0 Å². The van der Waals surface area contributed by atoms with Gasteiger partial charge in [-0.15, -0.1) is 24.0 Å². The Morgan fingerprint density at radius 2 is 2.11 bits per heavy atom. The van der Waals surface area contributed by atoms with E-state index in [0.717, 1.165) is 0 Å². The zero-order valence-corrected chi connectivity index (χ0v) is 12.3. The molecule has 0 heterocycles. The summed E-state index contributed by atoms with van der Waals surface area (Å²) < 4.78 is 13.2. The Hall–Kier alpha value is -1.38. The molecule has 7 heteroatoms. The molecule has 5 nitrogen and oxygen atoms in total. The number of hydrogen-bond donors (Lipinski definition) is 3. The van der Waals surface area contributed by atoms with Gasteiger partial charge in [-0.2, -0.15) is 0 Å². The first-order valence-electron chi connectivity index (χ1n) is 5.10. The van der Waals surface area contributed by atoms with E-state index in [0.29, 0.717) is 18.7 Å². The molecule has 0 saturated carbocycles. The lowest BCUT2D eigenvalue weighted by Crippen LogP contribution is -2.28. The SMILES string of the molecule is Cc1ccc(C(=O)NCCN=C(N)N)cc1F.I. The normalized spacial score (nSPS) is 9.22. The number of aryl methyl sites for hydroxylation is 1. The van der Waals surface area contributed by atoms with E-state index in [-0.39, 0.29) is 41.4 Å². The molecular weight excluding hydrogens is 350 g/mol. The number of carbonyl (C=O) groups excluding carboxylic acids is 1. The number of halogens is 2. The summed E-state index contributed by atoms with van der Waals surface area (Å²) in [6.45, 7) is 2.23. The molecule has 100 valence electrons. The molecule has 0 aliphatic heterocycles. The van der Waals surface area contributed by atoms with Gasteiger partial charge in [-0.25, -0.2) is 4.39 Å². The number of hydrogen-bond acceptors (Lipinski definition) is 2. The molecule has 0 atom stereocenters. The van der Waals surface area contributed by atoms with E-state index in [1.165, 1.54) is 6.07 Å². The second-order valence-electron chi connectivity index (χ2n) is 3.53. The third-order valence-electron chi connectivity index (χ3n) is 2.13. The summed E-state index contributed by atoms with van der Waals surface area (Å²) in [4.78, 5) is 15.3. The number of nitrogens with one attached hydrogen (secondary N) is 1. The van der Waals surface area contributed by atoms with Crippen LogP contribution in [-0.2, 0) is 0 Å². The average Bonchev–Trinajstić information content (AvgIpc) is 2.27. The minimum absolute atomic E-state index is 0. The molecule has 1 aromatic carbocycles. The number of benzene rings is 1. The van der Waals surface area contributed by atoms with E-state index in [2.05, 4.69) is 10.3 Å². The van der Waals surface area contributed by atoms with Gasteiger partial charge in [0.1, 0.15) is 5.82 Å². The van der Waals surface area contributed by atoms with Gasteiger partial charge in [0.05, 0.1) is 6.54 Å². The number of carbonyl (C=O) groups is 1. The first kappa shape index (κ1) is 16.6. The minimum Gasteiger partial charge on any atom is -0.370 e. The topological polar surface area (TPSA) is 93.5 Å². The maximum atomic E-state index is 13.2. The molecule has 1 rings (SSSR count). The van der Waals surface area contributed by atoms with Gasteiger partial charge in [0.25, 0.3) is 5.91 Å². The molecule has 0 fully saturated rings. The van der Waals surface area contributed by atoms with Crippen LogP contribution < -0.4 is 16.8 Å². The van der Waals surface area contributed by atoms with E-state index in [1.807, 2.05) is 0 Å². The zero-order chi connectivity index (χ0) is 12.8. The summed E-state index contributed by atoms with van der Waals surface area (Å²) in [5, 5.41) is 2.58. The van der Waals surface area contributed by atoms with Gasteiger partial charge in [-0.1, -0.05) is 6.07 Å². The van der Waals surface area contributed by atoms with Crippen LogP contribution in [0.5, 0.6) is 0 Å². The van der Waals surface area contributed by atoms with Crippen molar-refractivity contribution in [2.45, 2.75) is 6.92 Å². The van der Waals surface area contributed by atoms with Crippen LogP contribution in [0.2, 0.25) is 0 Å². The predicted molar refractivity (Wildman–Crippen MR) is 79.6 cm³/mol. The van der Waals surface area contributed by atoms with Gasteiger partial charge in [0, 0.05) is 12.1 Å². The molecule has 1 aromatic rings. The number of nitrogens with zero attached hydrogens (tertiary/aromatic N) is 1. The molecular formula is C11H16FIN4O. The first-order valence-corrected chi connectivity index (χ1v) is 5.10. The number of amides is 1. The third kappa shape index (κ3) is 5.30. The Kier molecular flexibility index (Phi) is 7.25. The van der Waals surface area contributed by atoms with Crippen molar-refractivity contribution < 1.29 is 9.18 Å². The highest BCUT2D eigenvalue weighted by Gasteiger charge is 2.06. The molecule has 5 N–H and O–H groups in total. The van der Waals surface area contributed by atoms with Gasteiger partial charge in [-0.05, 0) is 24.6 Å². The Bertz CT molecular complexity index is 447. The lowest BCUT2D eigenvalue weighted by atomic mass is 10.1. The molecule has 0 radical (unpaired) electrons. The maximum Gasteiger partial charge on any atom is 0.251 e. The summed E-state index contributed by atoms with van der Waals surface area (Å²) >= 11 is 0. The van der Waals surface area contributed by atoms with Crippen molar-refractivity contribution in [3.63, 3.8) is 0 Å². The summed E-state index contributed by atoms with van der Waals surface area (Å²) in [5.41, 5.74) is 11.0. The Balaban J connectivity index is 0.00000289. The highest BCUT2D eigenvalue weighted by Crippen LogP contribution is 2.08. The van der Waals surface area contributed by atoms with Crippen LogP contribution in [0.25, 0.3) is 0 Å². The highest BCUT2D eigenvalue weighted by molar-refractivity contribution is 14.0. The highest BCUT2D eigenvalue weighted by atomic mass is 127. The summed E-state index contributed by atoms with van der Waals surface area (Å²) in [5.74, 6) is -0.780. The van der Waals surface area contributed by atoms with Gasteiger partial charge < -0.3 is 16.8 Å². The number of nitrogens with two attached hydrogens (primary N) is 2. The van der Waals surface area contributed by atoms with Crippen molar-refractivity contribution in [3.05, 3.63) is 35.1 Å². The molecule has 1 amide bonds. The van der Waals surface area contributed by atoms with E-state index in [9.17, 15) is 9.18 Å². The number of aliphatic imine (C=N–C) groups is 1. The van der Waals surface area contributed by atoms with Crippen molar-refractivity contribution >= 4 is 35.8 Å². The largest absolute Gasteiger partial charge is 0.370 e. The lowest BCUT2D eigenvalue weighted by Gasteiger charge is -2.04. The standard InChI is InChI=1S/C11H15FN4O.HI/c1-7-2-3-8(6-9(7)12)10(17)15-4-5-16-11(13)14;/h2-3,6H,4-5H2,1H3,(H,15,17)(H4,13,14,16);1H. The molecule has 0 spiro atoms. The third-order valence-corrected chi connectivity index (χ3v) is 2.13. The number of rotatable bonds is 4. The van der Waals surface area contributed by atoms with E-state index < -0.39 is 5.82 Å². The Morgan fingerprint density at radius 3 is 2.67 bits per heavy atom. The van der Waals surface area contributed by atoms with Gasteiger partial charge in [0.2, 0.25) is 0 Å². The molecule has 0 aliphatic rings. The average molecular weight is 366 g/mol. The fourth-order valence-corrected chi connectivity index (χ4v) is 1.19. The molecule has 0 aliphatic carbocycles. The summed E-state index contributed by atoms with van der Waals surface area (Å²) in [6.07, 6.45) is 0. The second-order valence-corrected chi connectivity index (χ2v) is 3.53. The van der Waals surface area contributed by atoms with Crippen molar-refractivity contribution in [1.29, 1.82) is 0 Å². The number of guanidine groups is 1. The zero-order valence-electron chi connectivity index (χ0n) is 9.94. The lowest BCUT2D eigenvalue weighted by molar-refractivity contribution is 0.0954. The van der Waals surface area contributed by atoms with Gasteiger partial charge in [-0.3, -0.25) is 9.79 Å². The first-order chi connectivity index (χ1) is 8.00. The quantitative estimate of drug-likeness (QED) is 0.318.